The molecule has 4 rings (SSSR count). The number of aromatic hydroxyl groups is 4. The maximum atomic E-state index is 14.8. The van der Waals surface area contributed by atoms with Crippen molar-refractivity contribution in [2.75, 3.05) is 13.1 Å². The third-order valence-electron chi connectivity index (χ3n) is 15.6. The van der Waals surface area contributed by atoms with Gasteiger partial charge in [-0.2, -0.15) is 0 Å². The second-order valence-corrected chi connectivity index (χ2v) is 31.4. The fourth-order valence-electron chi connectivity index (χ4n) is 10.6. The molecule has 4 amide bonds. The van der Waals surface area contributed by atoms with Gasteiger partial charge in [-0.25, -0.2) is 0 Å². The fraction of sp³-hybridized carbons (Fsp3) is 0.606. The molecule has 448 valence electrons. The number of imide groups is 2. The second-order valence-electron chi connectivity index (χ2n) is 31.4. The van der Waals surface area contributed by atoms with E-state index in [1.54, 1.807) is 0 Å². The van der Waals surface area contributed by atoms with Crippen molar-refractivity contribution in [2.45, 2.75) is 267 Å². The van der Waals surface area contributed by atoms with E-state index in [1.807, 2.05) is 215 Å². The van der Waals surface area contributed by atoms with Crippen LogP contribution in [-0.2, 0) is 88.2 Å². The van der Waals surface area contributed by atoms with Crippen molar-refractivity contribution in [3.63, 3.8) is 0 Å². The van der Waals surface area contributed by atoms with Crippen LogP contribution in [0, 0.1) is 0 Å². The topological polar surface area (TPSA) is 156 Å². The second kappa shape index (κ2) is 24.7. The highest BCUT2D eigenvalue weighted by atomic mass is 16.3. The summed E-state index contributed by atoms with van der Waals surface area (Å²) >= 11 is 0. The number of benzene rings is 4. The molecule has 0 fully saturated rings. The Bertz CT molecular complexity index is 2400. The minimum absolute atomic E-state index is 0.00624. The quantitative estimate of drug-likeness (QED) is 0.0864. The molecule has 0 aliphatic rings. The van der Waals surface area contributed by atoms with Gasteiger partial charge < -0.3 is 20.4 Å². The molecular formula is C71H106N2O8. The summed E-state index contributed by atoms with van der Waals surface area (Å²) in [6.45, 7) is 49.0. The lowest BCUT2D eigenvalue weighted by Crippen LogP contribution is -2.42. The van der Waals surface area contributed by atoms with Crippen molar-refractivity contribution >= 4 is 23.6 Å². The molecule has 4 aromatic carbocycles. The first kappa shape index (κ1) is 67.9. The standard InChI is InChI=1S/C71H106N2O8/c1-64(2,3)48-36-44(37-49(60(48)78)65(4,5)6)26-30-56(74)72(57(75)31-27-45-38-50(66(7,8)9)61(79)51(39-45)67(10,11)12)34-25-35-73(58(76)32-28-46-40-52(68(13,14)15)62(80)53(41-46)69(16,17)18)59(77)33-29-47-42-54(70(19,20)21)63(81)55(43-47)71(22,23)24/h36-43,78-81H,25-35H2,1-24H3. The molecule has 0 unspecified atom stereocenters. The lowest BCUT2D eigenvalue weighted by molar-refractivity contribution is -0.145. The van der Waals surface area contributed by atoms with E-state index < -0.39 is 0 Å². The monoisotopic (exact) mass is 1110 g/mol. The Hall–Kier alpha value is -5.64. The van der Waals surface area contributed by atoms with Crippen LogP contribution in [0.5, 0.6) is 23.0 Å². The van der Waals surface area contributed by atoms with Gasteiger partial charge in [0.2, 0.25) is 23.6 Å². The van der Waals surface area contributed by atoms with Gasteiger partial charge in [-0.05, 0) is 142 Å². The lowest BCUT2D eigenvalue weighted by atomic mass is 9.78. The number of phenols is 4. The number of phenolic OH excluding ortho intramolecular Hbond substituents is 4. The van der Waals surface area contributed by atoms with Gasteiger partial charge in [0.05, 0.1) is 0 Å². The van der Waals surface area contributed by atoms with Crippen molar-refractivity contribution in [1.82, 2.24) is 9.80 Å². The van der Waals surface area contributed by atoms with Crippen LogP contribution >= 0.6 is 0 Å². The molecule has 0 saturated heterocycles. The van der Waals surface area contributed by atoms with Crippen molar-refractivity contribution in [1.29, 1.82) is 0 Å². The summed E-state index contributed by atoms with van der Waals surface area (Å²) in [6.07, 6.45) is 1.43. The lowest BCUT2D eigenvalue weighted by Gasteiger charge is -2.29. The van der Waals surface area contributed by atoms with Crippen LogP contribution in [0.3, 0.4) is 0 Å². The summed E-state index contributed by atoms with van der Waals surface area (Å²) in [5.41, 5.74) is 6.64. The van der Waals surface area contributed by atoms with E-state index in [9.17, 15) is 39.6 Å². The van der Waals surface area contributed by atoms with E-state index in [1.165, 1.54) is 9.80 Å². The van der Waals surface area contributed by atoms with E-state index in [-0.39, 0.29) is 135 Å². The average molecular weight is 1120 g/mol. The number of hydrogen-bond donors (Lipinski definition) is 4. The number of rotatable bonds is 16. The Morgan fingerprint density at radius 1 is 0.284 bits per heavy atom. The largest absolute Gasteiger partial charge is 0.507 e. The predicted octanol–water partition coefficient (Wildman–Crippen LogP) is 15.8. The number of amides is 4. The minimum Gasteiger partial charge on any atom is -0.507 e. The summed E-state index contributed by atoms with van der Waals surface area (Å²) in [4.78, 5) is 61.6. The number of hydrogen-bond acceptors (Lipinski definition) is 8. The first-order valence-electron chi connectivity index (χ1n) is 29.7. The molecule has 0 aliphatic heterocycles. The molecule has 81 heavy (non-hydrogen) atoms. The Labute approximate surface area is 489 Å². The summed E-state index contributed by atoms with van der Waals surface area (Å²) in [5.74, 6) is -0.536. The van der Waals surface area contributed by atoms with Gasteiger partial charge in [0, 0.05) is 38.8 Å². The molecule has 0 bridgehead atoms. The molecule has 10 nitrogen and oxygen atoms in total. The van der Waals surface area contributed by atoms with Gasteiger partial charge in [-0.1, -0.05) is 215 Å². The minimum atomic E-state index is -0.385. The summed E-state index contributed by atoms with van der Waals surface area (Å²) in [7, 11) is 0. The molecule has 0 aromatic heterocycles. The molecule has 10 heteroatoms. The van der Waals surface area contributed by atoms with Crippen LogP contribution < -0.4 is 0 Å². The zero-order valence-electron chi connectivity index (χ0n) is 54.7. The average Bonchev–Trinajstić information content (AvgIpc) is 3.29. The predicted molar refractivity (Wildman–Crippen MR) is 333 cm³/mol. The van der Waals surface area contributed by atoms with E-state index >= 15 is 0 Å². The highest BCUT2D eigenvalue weighted by Gasteiger charge is 2.33. The maximum absolute atomic E-state index is 14.8. The van der Waals surface area contributed by atoms with E-state index in [2.05, 4.69) is 0 Å². The van der Waals surface area contributed by atoms with Crippen LogP contribution in [0.25, 0.3) is 0 Å². The van der Waals surface area contributed by atoms with Gasteiger partial charge in [0.15, 0.2) is 0 Å². The fourth-order valence-corrected chi connectivity index (χ4v) is 10.6. The maximum Gasteiger partial charge on any atom is 0.229 e. The molecule has 0 heterocycles. The number of carbonyl (C=O) groups excluding carboxylic acids is 4. The first-order chi connectivity index (χ1) is 36.5. The molecule has 0 radical (unpaired) electrons. The van der Waals surface area contributed by atoms with Crippen molar-refractivity contribution in [3.05, 3.63) is 115 Å². The summed E-state index contributed by atoms with van der Waals surface area (Å²) in [5, 5.41) is 46.0. The third kappa shape index (κ3) is 17.7. The van der Waals surface area contributed by atoms with Crippen molar-refractivity contribution in [3.8, 4) is 23.0 Å². The SMILES string of the molecule is CC(C)(C)c1cc(CCC(=O)N(CCCN(C(=O)CCc2cc(C(C)(C)C)c(O)c(C(C)(C)C)c2)C(=O)CCc2cc(C(C)(C)C)c(O)c(C(C)(C)C)c2)C(=O)CCc2cc(C(C)(C)C)c(O)c(C(C)(C)C)c2)cc(C(C)(C)C)c1O. The zero-order valence-corrected chi connectivity index (χ0v) is 54.7. The summed E-state index contributed by atoms with van der Waals surface area (Å²) in [6, 6.07) is 15.7. The van der Waals surface area contributed by atoms with Crippen LogP contribution in [0.4, 0.5) is 0 Å². The van der Waals surface area contributed by atoms with Gasteiger partial charge in [-0.15, -0.1) is 0 Å². The Kier molecular flexibility index (Phi) is 20.7. The Morgan fingerprint density at radius 3 is 0.543 bits per heavy atom. The molecule has 0 saturated carbocycles. The molecular weight excluding hydrogens is 1010 g/mol. The molecule has 4 aromatic rings. The van der Waals surface area contributed by atoms with Crippen molar-refractivity contribution in [2.24, 2.45) is 0 Å². The van der Waals surface area contributed by atoms with E-state index in [0.717, 1.165) is 66.8 Å². The smallest absolute Gasteiger partial charge is 0.229 e. The van der Waals surface area contributed by atoms with Crippen LogP contribution in [-0.4, -0.2) is 66.9 Å². The number of carbonyl (C=O) groups is 4. The molecule has 0 spiro atoms. The van der Waals surface area contributed by atoms with Gasteiger partial charge in [0.1, 0.15) is 23.0 Å². The van der Waals surface area contributed by atoms with Crippen LogP contribution in [0.1, 0.15) is 265 Å². The Morgan fingerprint density at radius 2 is 0.420 bits per heavy atom. The zero-order chi connectivity index (χ0) is 62.1. The first-order valence-corrected chi connectivity index (χ1v) is 29.7. The van der Waals surface area contributed by atoms with E-state index in [0.29, 0.717) is 25.7 Å². The Balaban J connectivity index is 1.78. The van der Waals surface area contributed by atoms with Crippen molar-refractivity contribution < 1.29 is 39.6 Å². The highest BCUT2D eigenvalue weighted by molar-refractivity contribution is 5.96. The van der Waals surface area contributed by atoms with Gasteiger partial charge in [0.25, 0.3) is 0 Å². The van der Waals surface area contributed by atoms with Gasteiger partial charge in [-0.3, -0.25) is 29.0 Å². The summed E-state index contributed by atoms with van der Waals surface area (Å²) < 4.78 is 0. The third-order valence-corrected chi connectivity index (χ3v) is 15.6. The number of aryl methyl sites for hydroxylation is 4. The van der Waals surface area contributed by atoms with Crippen LogP contribution in [0.15, 0.2) is 48.5 Å². The molecule has 0 aliphatic carbocycles. The van der Waals surface area contributed by atoms with Gasteiger partial charge >= 0.3 is 0 Å². The number of nitrogens with zero attached hydrogens (tertiary/aromatic N) is 2. The highest BCUT2D eigenvalue weighted by Crippen LogP contribution is 2.44. The molecule has 4 N–H and O–H groups in total. The molecule has 0 atom stereocenters. The van der Waals surface area contributed by atoms with Crippen LogP contribution in [0.2, 0.25) is 0 Å². The van der Waals surface area contributed by atoms with E-state index in [4.69, 9.17) is 0 Å². The normalized spacial score (nSPS) is 13.1.